The van der Waals surface area contributed by atoms with Crippen LogP contribution in [0, 0.1) is 11.8 Å². The van der Waals surface area contributed by atoms with E-state index in [1.54, 1.807) is 27.7 Å². The minimum absolute atomic E-state index is 0.0460. The van der Waals surface area contributed by atoms with Crippen molar-refractivity contribution < 1.29 is 38.4 Å². The van der Waals surface area contributed by atoms with Crippen molar-refractivity contribution in [1.82, 2.24) is 26.2 Å². The lowest BCUT2D eigenvalue weighted by atomic mass is 9.98. The summed E-state index contributed by atoms with van der Waals surface area (Å²) >= 11 is 0. The van der Waals surface area contributed by atoms with Crippen molar-refractivity contribution in [1.29, 1.82) is 0 Å². The molecule has 5 unspecified atom stereocenters. The molecule has 0 fully saturated rings. The Bertz CT molecular complexity index is 1250. The molecule has 0 saturated carbocycles. The van der Waals surface area contributed by atoms with Gasteiger partial charge in [0.2, 0.25) is 23.6 Å². The van der Waals surface area contributed by atoms with Gasteiger partial charge in [-0.3, -0.25) is 34.0 Å². The number of nitrogens with one attached hydrogen (secondary N) is 4. The number of carbonyl (C=O) groups excluding carboxylic acids is 6. The summed E-state index contributed by atoms with van der Waals surface area (Å²) in [6, 6.07) is -5.42. The Morgan fingerprint density at radius 3 is 1.76 bits per heavy atom. The lowest BCUT2D eigenvalue weighted by Gasteiger charge is -2.35. The van der Waals surface area contributed by atoms with Crippen molar-refractivity contribution in [2.75, 3.05) is 48.3 Å². The van der Waals surface area contributed by atoms with Gasteiger partial charge in [-0.25, -0.2) is 0 Å². The predicted molar refractivity (Wildman–Crippen MR) is 192 cm³/mol. The number of carbonyl (C=O) groups is 6. The third-order valence-corrected chi connectivity index (χ3v) is 8.24. The number of amides is 5. The van der Waals surface area contributed by atoms with E-state index >= 15 is 0 Å². The highest BCUT2D eigenvalue weighted by atomic mass is 16.4. The van der Waals surface area contributed by atoms with Crippen LogP contribution in [0.5, 0.6) is 0 Å². The first-order valence-corrected chi connectivity index (χ1v) is 17.0. The van der Waals surface area contributed by atoms with Crippen LogP contribution in [0.15, 0.2) is 9.98 Å². The van der Waals surface area contributed by atoms with E-state index in [1.807, 2.05) is 21.1 Å². The number of quaternary nitrogens is 1. The van der Waals surface area contributed by atoms with Crippen molar-refractivity contribution in [2.24, 2.45) is 44.8 Å². The van der Waals surface area contributed by atoms with Gasteiger partial charge in [-0.05, 0) is 37.5 Å². The van der Waals surface area contributed by atoms with E-state index in [2.05, 4.69) is 31.3 Å². The first-order chi connectivity index (χ1) is 23.5. The summed E-state index contributed by atoms with van der Waals surface area (Å²) in [7, 11) is 8.30. The van der Waals surface area contributed by atoms with E-state index in [1.165, 1.54) is 14.1 Å². The fourth-order valence-corrected chi connectivity index (χ4v) is 5.19. The Morgan fingerprint density at radius 1 is 0.784 bits per heavy atom. The van der Waals surface area contributed by atoms with Crippen LogP contribution in [0.4, 0.5) is 0 Å². The van der Waals surface area contributed by atoms with Crippen LogP contribution in [-0.4, -0.2) is 135 Å². The molecule has 0 rings (SSSR count). The lowest BCUT2D eigenvalue weighted by Crippen LogP contribution is -2.62. The third-order valence-electron chi connectivity index (χ3n) is 8.24. The zero-order chi connectivity index (χ0) is 39.6. The van der Waals surface area contributed by atoms with Gasteiger partial charge in [0.05, 0.1) is 33.2 Å². The zero-order valence-electron chi connectivity index (χ0n) is 31.7. The molecule has 0 aromatic rings. The lowest BCUT2D eigenvalue weighted by molar-refractivity contribution is -0.886. The number of guanidine groups is 2. The summed E-state index contributed by atoms with van der Waals surface area (Å²) in [5.74, 6) is -5.48. The number of hydrogen-bond acceptors (Lipinski definition) is 9. The van der Waals surface area contributed by atoms with E-state index < -0.39 is 65.7 Å². The standard InChI is InChI=1S/C32H62N12O7/c1-18(2)24(42-28(48)25(19(3)4)41-26(46)22(44(7,8)9)13-11-16-38-31(34)35)27(47)40-20(12-10-17-39-32(36)37-5)29(49)43(6)21(30(50)51)14-15-23(33)45/h18-22,24-25H,10-17H2,1-9H3,(H12-,33,34,35,36,37,38,39,40,41,42,45,46,47,48,50,51). The molecule has 0 aromatic carbocycles. The topological polar surface area (TPSA) is 306 Å². The molecule has 0 aliphatic rings. The monoisotopic (exact) mass is 726 g/mol. The number of carboxylic acid groups (broad SMARTS) is 1. The first-order valence-electron chi connectivity index (χ1n) is 17.0. The van der Waals surface area contributed by atoms with Crippen LogP contribution < -0.4 is 49.3 Å². The Morgan fingerprint density at radius 2 is 1.31 bits per heavy atom. The highest BCUT2D eigenvalue weighted by molar-refractivity contribution is 5.95. The van der Waals surface area contributed by atoms with E-state index in [4.69, 9.17) is 22.9 Å². The summed E-state index contributed by atoms with van der Waals surface area (Å²) in [5.41, 5.74) is 21.7. The van der Waals surface area contributed by atoms with Gasteiger partial charge in [-0.15, -0.1) is 0 Å². The number of aliphatic carboxylic acids is 1. The van der Waals surface area contributed by atoms with E-state index in [-0.39, 0.29) is 54.0 Å². The maximum absolute atomic E-state index is 13.8. The molecule has 19 nitrogen and oxygen atoms in total. The molecule has 0 heterocycles. The van der Waals surface area contributed by atoms with Crippen LogP contribution in [0.1, 0.15) is 66.2 Å². The van der Waals surface area contributed by atoms with Crippen molar-refractivity contribution in [2.45, 2.75) is 96.4 Å². The van der Waals surface area contributed by atoms with Crippen LogP contribution in [0.2, 0.25) is 0 Å². The molecule has 0 bridgehead atoms. The van der Waals surface area contributed by atoms with Gasteiger partial charge in [0.15, 0.2) is 18.0 Å². The molecule has 0 saturated heterocycles. The predicted octanol–water partition coefficient (Wildman–Crippen LogP) is -3.96. The van der Waals surface area contributed by atoms with Crippen molar-refractivity contribution in [3.05, 3.63) is 0 Å². The summed E-state index contributed by atoms with van der Waals surface area (Å²) in [6.07, 6.45) is 0.720. The van der Waals surface area contributed by atoms with Crippen molar-refractivity contribution in [3.8, 4) is 0 Å². The normalized spacial score (nSPS) is 14.8. The molecule has 0 aliphatic heterocycles. The second kappa shape index (κ2) is 22.2. The van der Waals surface area contributed by atoms with Crippen molar-refractivity contribution >= 4 is 47.4 Å². The summed E-state index contributed by atoms with van der Waals surface area (Å²) in [6.45, 7) is 7.54. The molecule has 51 heavy (non-hydrogen) atoms. The second-order valence-corrected chi connectivity index (χ2v) is 14.1. The summed E-state index contributed by atoms with van der Waals surface area (Å²) in [4.78, 5) is 86.5. The molecule has 0 spiro atoms. The van der Waals surface area contributed by atoms with Gasteiger partial charge in [0.1, 0.15) is 18.1 Å². The number of likely N-dealkylation sites (N-methyl/N-ethyl adjacent to an activating group) is 2. The average molecular weight is 727 g/mol. The van der Waals surface area contributed by atoms with Gasteiger partial charge in [0.25, 0.3) is 5.91 Å². The largest absolute Gasteiger partial charge is 0.548 e. The van der Waals surface area contributed by atoms with Gasteiger partial charge < -0.3 is 63.5 Å². The highest BCUT2D eigenvalue weighted by Crippen LogP contribution is 2.15. The minimum Gasteiger partial charge on any atom is -0.548 e. The summed E-state index contributed by atoms with van der Waals surface area (Å²) in [5, 5.41) is 23.0. The Balaban J connectivity index is 6.17. The van der Waals surface area contributed by atoms with E-state index in [0.717, 1.165) is 4.90 Å². The number of carboxylic acids is 1. The van der Waals surface area contributed by atoms with Crippen LogP contribution in [0.25, 0.3) is 0 Å². The van der Waals surface area contributed by atoms with Crippen molar-refractivity contribution in [3.63, 3.8) is 0 Å². The fourth-order valence-electron chi connectivity index (χ4n) is 5.19. The highest BCUT2D eigenvalue weighted by Gasteiger charge is 2.37. The Kier molecular flexibility index (Phi) is 20.2. The fraction of sp³-hybridized carbons (Fsp3) is 0.750. The number of nitrogens with two attached hydrogens (primary N) is 4. The number of aliphatic imine (C=N–C) groups is 2. The number of hydrogen-bond donors (Lipinski definition) is 8. The maximum Gasteiger partial charge on any atom is 0.279 e. The number of nitrogens with zero attached hydrogens (tertiary/aromatic N) is 4. The smallest absolute Gasteiger partial charge is 0.279 e. The molecule has 0 radical (unpaired) electrons. The molecule has 12 N–H and O–H groups in total. The molecule has 292 valence electrons. The second-order valence-electron chi connectivity index (χ2n) is 14.1. The molecule has 5 amide bonds. The summed E-state index contributed by atoms with van der Waals surface area (Å²) < 4.78 is 0.273. The van der Waals surface area contributed by atoms with Gasteiger partial charge in [0, 0.05) is 40.0 Å². The quantitative estimate of drug-likeness (QED) is 0.0217. The van der Waals surface area contributed by atoms with E-state index in [0.29, 0.717) is 25.8 Å². The van der Waals surface area contributed by atoms with Crippen LogP contribution >= 0.6 is 0 Å². The Labute approximate surface area is 301 Å². The molecular weight excluding hydrogens is 664 g/mol. The van der Waals surface area contributed by atoms with E-state index in [9.17, 15) is 33.9 Å². The SMILES string of the molecule is CN=C(N)NCCCC(NC(=O)C(NC(=O)C(NC(=O)C(CCCN=C(N)N)[N+](C)(C)C)C(C)C)C(C)C)C(=O)N(C)C(CCC(N)=O)C(=O)[O-]. The van der Waals surface area contributed by atoms with Gasteiger partial charge >= 0.3 is 0 Å². The van der Waals surface area contributed by atoms with Gasteiger partial charge in [-0.2, -0.15) is 0 Å². The average Bonchev–Trinajstić information content (AvgIpc) is 3.01. The van der Waals surface area contributed by atoms with Gasteiger partial charge in [-0.1, -0.05) is 27.7 Å². The minimum atomic E-state index is -1.60. The zero-order valence-corrected chi connectivity index (χ0v) is 31.7. The number of rotatable bonds is 23. The molecular formula is C32H62N12O7. The third kappa shape index (κ3) is 17.2. The first kappa shape index (κ1) is 46.3. The number of primary amides is 1. The van der Waals surface area contributed by atoms with Crippen LogP contribution in [-0.2, 0) is 28.8 Å². The molecule has 0 aromatic heterocycles. The maximum atomic E-state index is 13.8. The molecule has 5 atom stereocenters. The molecule has 0 aliphatic carbocycles. The Hall–Kier alpha value is -4.68. The molecule has 19 heteroatoms. The van der Waals surface area contributed by atoms with Crippen LogP contribution in [0.3, 0.4) is 0 Å².